The van der Waals surface area contributed by atoms with Crippen molar-refractivity contribution >= 4 is 17.6 Å². The number of aliphatic hydroxyl groups excluding tert-OH is 1. The van der Waals surface area contributed by atoms with Gasteiger partial charge in [0.2, 0.25) is 0 Å². The Morgan fingerprint density at radius 3 is 2.87 bits per heavy atom. The molecule has 4 nitrogen and oxygen atoms in total. The van der Waals surface area contributed by atoms with Crippen LogP contribution in [0, 0.1) is 5.82 Å². The molecule has 0 radical (unpaired) electrons. The molecule has 15 heavy (non-hydrogen) atoms. The lowest BCUT2D eigenvalue weighted by atomic mass is 10.2. The van der Waals surface area contributed by atoms with Crippen LogP contribution in [0.5, 0.6) is 0 Å². The van der Waals surface area contributed by atoms with Gasteiger partial charge in [-0.2, -0.15) is 0 Å². The van der Waals surface area contributed by atoms with Crippen molar-refractivity contribution in [2.75, 3.05) is 12.4 Å². The molecule has 0 saturated carbocycles. The highest BCUT2D eigenvalue weighted by molar-refractivity contribution is 7.99. The molecule has 0 bridgehead atoms. The molecule has 0 spiro atoms. The summed E-state index contributed by atoms with van der Waals surface area (Å²) in [5.41, 5.74) is 5.42. The zero-order chi connectivity index (χ0) is 11.3. The number of halogens is 1. The van der Waals surface area contributed by atoms with Crippen molar-refractivity contribution in [3.63, 3.8) is 0 Å². The molecule has 1 aromatic carbocycles. The SMILES string of the molecule is NC(=NO)c1c(F)cccc1SCCO. The lowest BCUT2D eigenvalue weighted by Gasteiger charge is -2.07. The average Bonchev–Trinajstić information content (AvgIpc) is 2.25. The second kappa shape index (κ2) is 5.57. The van der Waals surface area contributed by atoms with Crippen LogP contribution in [0.25, 0.3) is 0 Å². The first-order valence-electron chi connectivity index (χ1n) is 4.20. The first-order valence-corrected chi connectivity index (χ1v) is 5.19. The van der Waals surface area contributed by atoms with Gasteiger partial charge >= 0.3 is 0 Å². The van der Waals surface area contributed by atoms with Crippen LogP contribution >= 0.6 is 11.8 Å². The number of benzene rings is 1. The number of nitrogens with two attached hydrogens (primary N) is 1. The zero-order valence-corrected chi connectivity index (χ0v) is 8.67. The Bertz CT molecular complexity index is 371. The summed E-state index contributed by atoms with van der Waals surface area (Å²) in [5.74, 6) is -0.392. The van der Waals surface area contributed by atoms with E-state index in [9.17, 15) is 4.39 Å². The number of rotatable bonds is 4. The van der Waals surface area contributed by atoms with Gasteiger partial charge in [0, 0.05) is 10.6 Å². The minimum Gasteiger partial charge on any atom is -0.409 e. The number of amidine groups is 1. The highest BCUT2D eigenvalue weighted by Gasteiger charge is 2.12. The lowest BCUT2D eigenvalue weighted by Crippen LogP contribution is -2.16. The van der Waals surface area contributed by atoms with Crippen molar-refractivity contribution in [1.29, 1.82) is 0 Å². The molecule has 1 aromatic rings. The Morgan fingerprint density at radius 1 is 1.53 bits per heavy atom. The second-order valence-electron chi connectivity index (χ2n) is 2.67. The molecule has 0 saturated heterocycles. The quantitative estimate of drug-likeness (QED) is 0.237. The minimum absolute atomic E-state index is 0.0171. The van der Waals surface area contributed by atoms with Crippen molar-refractivity contribution in [3.8, 4) is 0 Å². The smallest absolute Gasteiger partial charge is 0.174 e. The number of thioether (sulfide) groups is 1. The minimum atomic E-state index is -0.548. The molecule has 1 rings (SSSR count). The topological polar surface area (TPSA) is 78.8 Å². The van der Waals surface area contributed by atoms with Crippen molar-refractivity contribution in [2.24, 2.45) is 10.9 Å². The van der Waals surface area contributed by atoms with E-state index >= 15 is 0 Å². The third kappa shape index (κ3) is 2.84. The van der Waals surface area contributed by atoms with Gasteiger partial charge in [0.15, 0.2) is 5.84 Å². The Balaban J connectivity index is 3.09. The summed E-state index contributed by atoms with van der Waals surface area (Å²) in [6, 6.07) is 4.41. The van der Waals surface area contributed by atoms with Gasteiger partial charge in [0.25, 0.3) is 0 Å². The molecule has 82 valence electrons. The fourth-order valence-corrected chi connectivity index (χ4v) is 1.91. The summed E-state index contributed by atoms with van der Waals surface area (Å²) in [6.07, 6.45) is 0. The van der Waals surface area contributed by atoms with Gasteiger partial charge < -0.3 is 16.0 Å². The van der Waals surface area contributed by atoms with Gasteiger partial charge in [-0.15, -0.1) is 11.8 Å². The summed E-state index contributed by atoms with van der Waals surface area (Å²) >= 11 is 1.24. The van der Waals surface area contributed by atoms with E-state index in [-0.39, 0.29) is 18.0 Å². The Kier molecular flexibility index (Phi) is 4.38. The van der Waals surface area contributed by atoms with Crippen LogP contribution in [0.2, 0.25) is 0 Å². The van der Waals surface area contributed by atoms with Crippen LogP contribution in [0.15, 0.2) is 28.3 Å². The van der Waals surface area contributed by atoms with E-state index < -0.39 is 5.82 Å². The molecular formula is C9H11FN2O2S. The maximum Gasteiger partial charge on any atom is 0.174 e. The average molecular weight is 230 g/mol. The van der Waals surface area contributed by atoms with Crippen molar-refractivity contribution < 1.29 is 14.7 Å². The van der Waals surface area contributed by atoms with Gasteiger partial charge in [0.05, 0.1) is 12.2 Å². The number of oxime groups is 1. The summed E-state index contributed by atoms with van der Waals surface area (Å²) < 4.78 is 13.4. The highest BCUT2D eigenvalue weighted by Crippen LogP contribution is 2.24. The molecular weight excluding hydrogens is 219 g/mol. The third-order valence-corrected chi connectivity index (χ3v) is 2.73. The molecule has 0 fully saturated rings. The van der Waals surface area contributed by atoms with E-state index in [2.05, 4.69) is 5.16 Å². The van der Waals surface area contributed by atoms with Crippen LogP contribution in [-0.2, 0) is 0 Å². The fraction of sp³-hybridized carbons (Fsp3) is 0.222. The van der Waals surface area contributed by atoms with E-state index in [1.54, 1.807) is 6.07 Å². The highest BCUT2D eigenvalue weighted by atomic mass is 32.2. The molecule has 0 aromatic heterocycles. The maximum absolute atomic E-state index is 13.4. The molecule has 0 atom stereocenters. The van der Waals surface area contributed by atoms with Crippen LogP contribution < -0.4 is 5.73 Å². The van der Waals surface area contributed by atoms with Gasteiger partial charge in [-0.1, -0.05) is 11.2 Å². The van der Waals surface area contributed by atoms with E-state index in [0.717, 1.165) is 0 Å². The number of nitrogens with zero attached hydrogens (tertiary/aromatic N) is 1. The van der Waals surface area contributed by atoms with E-state index in [4.69, 9.17) is 16.0 Å². The number of hydrogen-bond acceptors (Lipinski definition) is 4. The zero-order valence-electron chi connectivity index (χ0n) is 7.85. The molecule has 0 heterocycles. The lowest BCUT2D eigenvalue weighted by molar-refractivity contribution is 0.318. The van der Waals surface area contributed by atoms with Gasteiger partial charge in [-0.3, -0.25) is 0 Å². The van der Waals surface area contributed by atoms with Crippen LogP contribution in [0.1, 0.15) is 5.56 Å². The number of aliphatic hydroxyl groups is 1. The largest absolute Gasteiger partial charge is 0.409 e. The summed E-state index contributed by atoms with van der Waals surface area (Å²) in [5, 5.41) is 19.9. The Hall–Kier alpha value is -1.27. The molecule has 0 aliphatic rings. The van der Waals surface area contributed by atoms with Crippen LogP contribution in [0.3, 0.4) is 0 Å². The Labute approximate surface area is 90.6 Å². The van der Waals surface area contributed by atoms with Crippen molar-refractivity contribution in [3.05, 3.63) is 29.6 Å². The van der Waals surface area contributed by atoms with E-state index in [1.807, 2.05) is 0 Å². The van der Waals surface area contributed by atoms with Crippen LogP contribution in [0.4, 0.5) is 4.39 Å². The van der Waals surface area contributed by atoms with Gasteiger partial charge in [-0.25, -0.2) is 4.39 Å². The number of hydrogen-bond donors (Lipinski definition) is 3. The molecule has 0 aliphatic carbocycles. The van der Waals surface area contributed by atoms with E-state index in [1.165, 1.54) is 23.9 Å². The van der Waals surface area contributed by atoms with Crippen molar-refractivity contribution in [2.45, 2.75) is 4.90 Å². The first-order chi connectivity index (χ1) is 7.20. The third-order valence-electron chi connectivity index (χ3n) is 1.69. The molecule has 4 N–H and O–H groups in total. The fourth-order valence-electron chi connectivity index (χ4n) is 1.08. The molecule has 0 aliphatic heterocycles. The maximum atomic E-state index is 13.4. The van der Waals surface area contributed by atoms with Gasteiger partial charge in [0.1, 0.15) is 5.82 Å². The predicted octanol–water partition coefficient (Wildman–Crippen LogP) is 1.00. The van der Waals surface area contributed by atoms with Gasteiger partial charge in [-0.05, 0) is 12.1 Å². The summed E-state index contributed by atoms with van der Waals surface area (Å²) in [4.78, 5) is 0.541. The summed E-state index contributed by atoms with van der Waals surface area (Å²) in [6.45, 7) is -0.0171. The normalized spacial score (nSPS) is 11.7. The monoisotopic (exact) mass is 230 g/mol. The molecule has 0 unspecified atom stereocenters. The van der Waals surface area contributed by atoms with E-state index in [0.29, 0.717) is 10.6 Å². The molecule has 0 amide bonds. The second-order valence-corrected chi connectivity index (χ2v) is 3.81. The van der Waals surface area contributed by atoms with Crippen molar-refractivity contribution in [1.82, 2.24) is 0 Å². The first kappa shape index (κ1) is 11.8. The molecule has 6 heteroatoms. The Morgan fingerprint density at radius 2 is 2.27 bits per heavy atom. The predicted molar refractivity (Wildman–Crippen MR) is 56.7 cm³/mol. The van der Waals surface area contributed by atoms with Crippen LogP contribution in [-0.4, -0.2) is 28.5 Å². The standard InChI is InChI=1S/C9H11FN2O2S/c10-6-2-1-3-7(15-5-4-13)8(6)9(11)12-14/h1-3,13-14H,4-5H2,(H2,11,12). The summed E-state index contributed by atoms with van der Waals surface area (Å²) in [7, 11) is 0.